The summed E-state index contributed by atoms with van der Waals surface area (Å²) < 4.78 is 6.75. The highest BCUT2D eigenvalue weighted by Crippen LogP contribution is 2.42. The Kier molecular flexibility index (Phi) is 7.06. The molecule has 0 aliphatic rings. The second-order valence-electron chi connectivity index (χ2n) is 8.96. The molecule has 0 saturated carbocycles. The van der Waals surface area contributed by atoms with Crippen LogP contribution in [0.4, 0.5) is 5.69 Å². The number of halogens is 3. The smallest absolute Gasteiger partial charge is 0.250 e. The van der Waals surface area contributed by atoms with E-state index in [0.29, 0.717) is 32.3 Å². The van der Waals surface area contributed by atoms with Gasteiger partial charge in [-0.3, -0.25) is 9.59 Å². The number of fused-ring (bicyclic) bond motifs is 1. The molecule has 0 fully saturated rings. The Bertz CT molecular complexity index is 1460. The molecule has 4 rings (SSSR count). The third-order valence-electron chi connectivity index (χ3n) is 5.32. The quantitative estimate of drug-likeness (QED) is 0.242. The van der Waals surface area contributed by atoms with E-state index in [9.17, 15) is 14.7 Å². The summed E-state index contributed by atoms with van der Waals surface area (Å²) in [5.74, 6) is -1.04. The molecule has 0 aliphatic carbocycles. The van der Waals surface area contributed by atoms with Crippen molar-refractivity contribution in [1.82, 2.24) is 4.98 Å². The zero-order valence-electron chi connectivity index (χ0n) is 19.1. The Morgan fingerprint density at radius 2 is 1.74 bits per heavy atom. The maximum atomic E-state index is 13.2. The predicted octanol–water partition coefficient (Wildman–Crippen LogP) is 7.39. The van der Waals surface area contributed by atoms with E-state index in [4.69, 9.17) is 32.6 Å². The summed E-state index contributed by atoms with van der Waals surface area (Å²) in [6.45, 7) is 4.50. The lowest BCUT2D eigenvalue weighted by Crippen LogP contribution is -2.22. The van der Waals surface area contributed by atoms with Crippen LogP contribution in [0.15, 0.2) is 57.4 Å². The number of aliphatic hydroxyl groups excluding tert-OH is 1. The summed E-state index contributed by atoms with van der Waals surface area (Å²) in [5, 5.41) is 13.4. The first kappa shape index (κ1) is 25.4. The van der Waals surface area contributed by atoms with Crippen LogP contribution in [-0.2, 0) is 4.79 Å². The number of hydrogen-bond donors (Lipinski definition) is 2. The number of anilines is 1. The molecule has 0 spiro atoms. The molecule has 9 heteroatoms. The summed E-state index contributed by atoms with van der Waals surface area (Å²) in [6, 6.07) is 14.4. The number of amides is 1. The third kappa shape index (κ3) is 5.14. The predicted molar refractivity (Wildman–Crippen MR) is 142 cm³/mol. The number of ketones is 1. The van der Waals surface area contributed by atoms with E-state index in [-0.39, 0.29) is 22.9 Å². The molecule has 1 amide bonds. The zero-order valence-corrected chi connectivity index (χ0v) is 22.2. The number of pyridine rings is 1. The SMILES string of the molecule is CC(C)(C)C(=O)c1oc2nc(-c3ccc(Br)cc3Cl)c(-c3ccc(Cl)cc3)cc2c1NC(=O)CO. The molecule has 35 heavy (non-hydrogen) atoms. The molecule has 6 nitrogen and oxygen atoms in total. The number of hydrogen-bond acceptors (Lipinski definition) is 5. The number of Topliss-reactive ketones (excluding diaryl/α,β-unsaturated/α-hetero) is 1. The van der Waals surface area contributed by atoms with Crippen LogP contribution in [0.5, 0.6) is 0 Å². The number of nitrogens with zero attached hydrogens (tertiary/aromatic N) is 1. The number of furan rings is 1. The van der Waals surface area contributed by atoms with Gasteiger partial charge >= 0.3 is 0 Å². The second-order valence-corrected chi connectivity index (χ2v) is 10.7. The first-order valence-electron chi connectivity index (χ1n) is 10.6. The Hall–Kier alpha value is -2.71. The minimum atomic E-state index is -0.788. The number of aliphatic hydroxyl groups is 1. The molecular formula is C26H21BrCl2N2O4. The van der Waals surface area contributed by atoms with Crippen LogP contribution in [-0.4, -0.2) is 28.4 Å². The lowest BCUT2D eigenvalue weighted by Gasteiger charge is -2.15. The summed E-state index contributed by atoms with van der Waals surface area (Å²) in [6.07, 6.45) is 0. The van der Waals surface area contributed by atoms with Gasteiger partial charge in [0.15, 0.2) is 5.76 Å². The Morgan fingerprint density at radius 1 is 1.06 bits per heavy atom. The fourth-order valence-corrected chi connectivity index (χ4v) is 4.45. The Balaban J connectivity index is 2.07. The van der Waals surface area contributed by atoms with E-state index in [2.05, 4.69) is 21.2 Å². The molecule has 0 radical (unpaired) electrons. The largest absolute Gasteiger partial charge is 0.432 e. The second kappa shape index (κ2) is 9.74. The molecular weight excluding hydrogens is 555 g/mol. The van der Waals surface area contributed by atoms with Gasteiger partial charge in [0.2, 0.25) is 17.4 Å². The van der Waals surface area contributed by atoms with Crippen molar-refractivity contribution in [2.45, 2.75) is 20.8 Å². The van der Waals surface area contributed by atoms with Crippen molar-refractivity contribution in [3.63, 3.8) is 0 Å². The summed E-state index contributed by atoms with van der Waals surface area (Å²) in [5.41, 5.74) is 2.19. The molecule has 2 aromatic carbocycles. The summed E-state index contributed by atoms with van der Waals surface area (Å²) in [7, 11) is 0. The highest BCUT2D eigenvalue weighted by atomic mass is 79.9. The van der Waals surface area contributed by atoms with E-state index < -0.39 is 17.9 Å². The molecule has 2 heterocycles. The molecule has 4 aromatic rings. The van der Waals surface area contributed by atoms with Crippen LogP contribution < -0.4 is 5.32 Å². The van der Waals surface area contributed by atoms with Gasteiger partial charge in [-0.25, -0.2) is 4.98 Å². The number of carbonyl (C=O) groups is 2. The normalized spacial score (nSPS) is 11.6. The average Bonchev–Trinajstić information content (AvgIpc) is 3.14. The molecule has 2 N–H and O–H groups in total. The Labute approximate surface area is 220 Å². The molecule has 180 valence electrons. The van der Waals surface area contributed by atoms with Gasteiger partial charge in [-0.15, -0.1) is 0 Å². The van der Waals surface area contributed by atoms with E-state index in [1.807, 2.05) is 24.3 Å². The van der Waals surface area contributed by atoms with Crippen molar-refractivity contribution in [3.8, 4) is 22.4 Å². The molecule has 0 aliphatic heterocycles. The number of carbonyl (C=O) groups excluding carboxylic acids is 2. The Morgan fingerprint density at radius 3 is 2.34 bits per heavy atom. The number of aromatic nitrogens is 1. The maximum absolute atomic E-state index is 13.2. The van der Waals surface area contributed by atoms with Crippen molar-refractivity contribution in [2.75, 3.05) is 11.9 Å². The van der Waals surface area contributed by atoms with Crippen LogP contribution in [0, 0.1) is 5.41 Å². The van der Waals surface area contributed by atoms with Gasteiger partial charge in [0.1, 0.15) is 12.3 Å². The highest BCUT2D eigenvalue weighted by Gasteiger charge is 2.32. The summed E-state index contributed by atoms with van der Waals surface area (Å²) in [4.78, 5) is 30.1. The van der Waals surface area contributed by atoms with Crippen molar-refractivity contribution in [2.24, 2.45) is 5.41 Å². The zero-order chi connectivity index (χ0) is 25.5. The topological polar surface area (TPSA) is 92.4 Å². The van der Waals surface area contributed by atoms with Crippen LogP contribution in [0.3, 0.4) is 0 Å². The van der Waals surface area contributed by atoms with Crippen LogP contribution in [0.25, 0.3) is 33.5 Å². The lowest BCUT2D eigenvalue weighted by molar-refractivity contribution is -0.118. The van der Waals surface area contributed by atoms with Gasteiger partial charge in [-0.2, -0.15) is 0 Å². The highest BCUT2D eigenvalue weighted by molar-refractivity contribution is 9.10. The monoisotopic (exact) mass is 574 g/mol. The van der Waals surface area contributed by atoms with Gasteiger partial charge in [0, 0.05) is 26.0 Å². The van der Waals surface area contributed by atoms with Gasteiger partial charge in [0.05, 0.1) is 16.1 Å². The first-order chi connectivity index (χ1) is 16.5. The number of benzene rings is 2. The molecule has 0 atom stereocenters. The fourth-order valence-electron chi connectivity index (χ4n) is 3.56. The molecule has 0 unspecified atom stereocenters. The summed E-state index contributed by atoms with van der Waals surface area (Å²) >= 11 is 16.1. The lowest BCUT2D eigenvalue weighted by atomic mass is 9.88. The average molecular weight is 576 g/mol. The van der Waals surface area contributed by atoms with Crippen molar-refractivity contribution in [3.05, 3.63) is 68.8 Å². The molecule has 0 bridgehead atoms. The minimum Gasteiger partial charge on any atom is -0.432 e. The van der Waals surface area contributed by atoms with Crippen molar-refractivity contribution >= 4 is 67.6 Å². The van der Waals surface area contributed by atoms with Gasteiger partial charge in [-0.1, -0.05) is 78.1 Å². The number of nitrogens with one attached hydrogen (secondary N) is 1. The number of rotatable bonds is 5. The van der Waals surface area contributed by atoms with Crippen molar-refractivity contribution < 1.29 is 19.1 Å². The van der Waals surface area contributed by atoms with Crippen LogP contribution in [0.2, 0.25) is 10.0 Å². The fraction of sp³-hybridized carbons (Fsp3) is 0.192. The van der Waals surface area contributed by atoms with Crippen LogP contribution in [0.1, 0.15) is 31.3 Å². The molecule has 0 saturated heterocycles. The van der Waals surface area contributed by atoms with Gasteiger partial charge in [-0.05, 0) is 35.9 Å². The van der Waals surface area contributed by atoms with Gasteiger partial charge < -0.3 is 14.8 Å². The van der Waals surface area contributed by atoms with E-state index >= 15 is 0 Å². The van der Waals surface area contributed by atoms with E-state index in [0.717, 1.165) is 10.0 Å². The first-order valence-corrected chi connectivity index (χ1v) is 12.2. The van der Waals surface area contributed by atoms with Crippen molar-refractivity contribution in [1.29, 1.82) is 0 Å². The van der Waals surface area contributed by atoms with Gasteiger partial charge in [0.25, 0.3) is 0 Å². The standard InChI is InChI=1S/C26H21BrCl2N2O4/c1-26(2,3)24(34)23-22(30-20(33)12-32)18-11-17(13-4-7-15(28)8-5-13)21(31-25(18)35-23)16-9-6-14(27)10-19(16)29/h4-11,32H,12H2,1-3H3,(H,30,33). The van der Waals surface area contributed by atoms with E-state index in [1.54, 1.807) is 45.0 Å². The van der Waals surface area contributed by atoms with E-state index in [1.165, 1.54) is 0 Å². The maximum Gasteiger partial charge on any atom is 0.250 e. The molecule has 2 aromatic heterocycles. The third-order valence-corrected chi connectivity index (χ3v) is 6.38. The van der Waals surface area contributed by atoms with Crippen LogP contribution >= 0.6 is 39.1 Å². The minimum absolute atomic E-state index is 0.0390.